The van der Waals surface area contributed by atoms with Crippen molar-refractivity contribution in [1.29, 1.82) is 0 Å². The molecule has 0 heterocycles. The average Bonchev–Trinajstić information content (AvgIpc) is 2.44. The first kappa shape index (κ1) is 15.8. The highest BCUT2D eigenvalue weighted by atomic mass is 16.5. The number of carboxylic acid groups (broad SMARTS) is 1. The molecule has 3 saturated carbocycles. The van der Waals surface area contributed by atoms with E-state index in [-0.39, 0.29) is 29.2 Å². The lowest BCUT2D eigenvalue weighted by Gasteiger charge is -2.61. The Labute approximate surface area is 131 Å². The van der Waals surface area contributed by atoms with Crippen LogP contribution in [0.4, 0.5) is 0 Å². The van der Waals surface area contributed by atoms with Gasteiger partial charge in [-0.2, -0.15) is 0 Å². The van der Waals surface area contributed by atoms with Gasteiger partial charge in [0.25, 0.3) is 0 Å². The van der Waals surface area contributed by atoms with Gasteiger partial charge in [-0.05, 0) is 45.4 Å². The van der Waals surface area contributed by atoms with Gasteiger partial charge in [-0.3, -0.25) is 9.59 Å². The molecule has 0 saturated heterocycles. The maximum atomic E-state index is 12.5. The van der Waals surface area contributed by atoms with Crippen LogP contribution in [0.15, 0.2) is 0 Å². The van der Waals surface area contributed by atoms with E-state index >= 15 is 0 Å². The van der Waals surface area contributed by atoms with E-state index in [4.69, 9.17) is 9.84 Å². The molecule has 0 bridgehead atoms. The summed E-state index contributed by atoms with van der Waals surface area (Å²) in [4.78, 5) is 23.7. The van der Waals surface area contributed by atoms with Gasteiger partial charge in [0.15, 0.2) is 0 Å². The highest BCUT2D eigenvalue weighted by Crippen LogP contribution is 2.57. The maximum absolute atomic E-state index is 12.5. The average molecular weight is 309 g/mol. The van der Waals surface area contributed by atoms with Crippen LogP contribution in [0.5, 0.6) is 0 Å². The summed E-state index contributed by atoms with van der Waals surface area (Å²) < 4.78 is 5.81. The van der Waals surface area contributed by atoms with Crippen LogP contribution in [0.25, 0.3) is 0 Å². The molecule has 3 fully saturated rings. The molecule has 5 nitrogen and oxygen atoms in total. The van der Waals surface area contributed by atoms with Gasteiger partial charge in [0.2, 0.25) is 5.91 Å². The summed E-state index contributed by atoms with van der Waals surface area (Å²) in [6.07, 6.45) is 7.59. The monoisotopic (exact) mass is 309 g/mol. The number of carbonyl (C=O) groups is 2. The molecule has 3 aliphatic rings. The van der Waals surface area contributed by atoms with Gasteiger partial charge in [-0.25, -0.2) is 0 Å². The molecule has 0 aromatic rings. The van der Waals surface area contributed by atoms with Crippen molar-refractivity contribution in [3.63, 3.8) is 0 Å². The van der Waals surface area contributed by atoms with Crippen molar-refractivity contribution >= 4 is 11.9 Å². The van der Waals surface area contributed by atoms with E-state index in [0.29, 0.717) is 18.9 Å². The van der Waals surface area contributed by atoms with Crippen LogP contribution in [-0.4, -0.2) is 35.7 Å². The second-order valence-corrected chi connectivity index (χ2v) is 7.23. The van der Waals surface area contributed by atoms with E-state index in [9.17, 15) is 9.59 Å². The van der Waals surface area contributed by atoms with Gasteiger partial charge in [-0.15, -0.1) is 0 Å². The molecule has 5 heteroatoms. The Bertz CT molecular complexity index is 446. The minimum absolute atomic E-state index is 0.0668. The van der Waals surface area contributed by atoms with Crippen molar-refractivity contribution in [2.24, 2.45) is 17.3 Å². The number of amides is 1. The maximum Gasteiger partial charge on any atom is 0.306 e. The van der Waals surface area contributed by atoms with Gasteiger partial charge in [0.1, 0.15) is 0 Å². The molecule has 2 N–H and O–H groups in total. The van der Waals surface area contributed by atoms with E-state index in [1.165, 1.54) is 6.42 Å². The summed E-state index contributed by atoms with van der Waals surface area (Å²) in [6.45, 7) is 2.75. The molecule has 0 aromatic heterocycles. The molecule has 4 unspecified atom stereocenters. The molecular formula is C17H27NO4. The molecule has 22 heavy (non-hydrogen) atoms. The molecule has 3 aliphatic carbocycles. The third kappa shape index (κ3) is 2.64. The molecule has 1 amide bonds. The van der Waals surface area contributed by atoms with Gasteiger partial charge in [-0.1, -0.05) is 12.8 Å². The SMILES string of the molecule is CCOC1CC(NC(=O)C2CCCC(C(=O)O)C2)C12CCC2. The van der Waals surface area contributed by atoms with Crippen LogP contribution in [0.2, 0.25) is 0 Å². The highest BCUT2D eigenvalue weighted by molar-refractivity contribution is 5.80. The first-order valence-corrected chi connectivity index (χ1v) is 8.71. The Morgan fingerprint density at radius 2 is 1.91 bits per heavy atom. The first-order valence-electron chi connectivity index (χ1n) is 8.71. The number of carbonyl (C=O) groups excluding carboxylic acids is 1. The van der Waals surface area contributed by atoms with Crippen LogP contribution in [-0.2, 0) is 14.3 Å². The number of hydrogen-bond donors (Lipinski definition) is 2. The van der Waals surface area contributed by atoms with Gasteiger partial charge in [0.05, 0.1) is 12.0 Å². The van der Waals surface area contributed by atoms with Crippen LogP contribution in [0.1, 0.15) is 58.3 Å². The van der Waals surface area contributed by atoms with Crippen LogP contribution in [0, 0.1) is 17.3 Å². The highest BCUT2D eigenvalue weighted by Gasteiger charge is 2.59. The Kier molecular flexibility index (Phi) is 4.44. The molecule has 0 aromatic carbocycles. The number of hydrogen-bond acceptors (Lipinski definition) is 3. The fourth-order valence-corrected chi connectivity index (χ4v) is 4.58. The van der Waals surface area contributed by atoms with E-state index in [1.54, 1.807) is 0 Å². The number of ether oxygens (including phenoxy) is 1. The van der Waals surface area contributed by atoms with E-state index in [2.05, 4.69) is 5.32 Å². The number of aliphatic carboxylic acids is 1. The Hall–Kier alpha value is -1.10. The van der Waals surface area contributed by atoms with E-state index < -0.39 is 5.97 Å². The zero-order valence-electron chi connectivity index (χ0n) is 13.3. The summed E-state index contributed by atoms with van der Waals surface area (Å²) in [5.74, 6) is -1.16. The Morgan fingerprint density at radius 1 is 1.18 bits per heavy atom. The van der Waals surface area contributed by atoms with Crippen LogP contribution < -0.4 is 5.32 Å². The lowest BCUT2D eigenvalue weighted by atomic mass is 9.51. The van der Waals surface area contributed by atoms with Gasteiger partial charge in [0, 0.05) is 24.0 Å². The van der Waals surface area contributed by atoms with Crippen molar-refractivity contribution < 1.29 is 19.4 Å². The first-order chi connectivity index (χ1) is 10.6. The topological polar surface area (TPSA) is 75.6 Å². The third-order valence-corrected chi connectivity index (χ3v) is 6.15. The van der Waals surface area contributed by atoms with Crippen molar-refractivity contribution in [3.05, 3.63) is 0 Å². The summed E-state index contributed by atoms with van der Waals surface area (Å²) in [5.41, 5.74) is 0.173. The molecule has 3 rings (SSSR count). The zero-order valence-corrected chi connectivity index (χ0v) is 13.3. The number of rotatable bonds is 5. The van der Waals surface area contributed by atoms with Crippen LogP contribution in [0.3, 0.4) is 0 Å². The summed E-state index contributed by atoms with van der Waals surface area (Å²) in [6, 6.07) is 0.232. The van der Waals surface area contributed by atoms with Crippen molar-refractivity contribution in [3.8, 4) is 0 Å². The minimum Gasteiger partial charge on any atom is -0.481 e. The Morgan fingerprint density at radius 3 is 2.50 bits per heavy atom. The second-order valence-electron chi connectivity index (χ2n) is 7.23. The molecule has 0 aliphatic heterocycles. The lowest BCUT2D eigenvalue weighted by molar-refractivity contribution is -0.177. The van der Waals surface area contributed by atoms with E-state index in [1.807, 2.05) is 6.92 Å². The lowest BCUT2D eigenvalue weighted by Crippen LogP contribution is -2.68. The summed E-state index contributed by atoms with van der Waals surface area (Å²) in [7, 11) is 0. The minimum atomic E-state index is -0.756. The largest absolute Gasteiger partial charge is 0.481 e. The predicted octanol–water partition coefficient (Wildman–Crippen LogP) is 2.34. The van der Waals surface area contributed by atoms with Gasteiger partial charge < -0.3 is 15.2 Å². The summed E-state index contributed by atoms with van der Waals surface area (Å²) in [5, 5.41) is 12.4. The zero-order chi connectivity index (χ0) is 15.7. The normalized spacial score (nSPS) is 36.2. The van der Waals surface area contributed by atoms with Gasteiger partial charge >= 0.3 is 5.97 Å². The van der Waals surface area contributed by atoms with E-state index in [0.717, 1.165) is 38.7 Å². The van der Waals surface area contributed by atoms with Crippen molar-refractivity contribution in [2.75, 3.05) is 6.61 Å². The second kappa shape index (κ2) is 6.19. The number of carboxylic acids is 1. The number of nitrogens with one attached hydrogen (secondary N) is 1. The smallest absolute Gasteiger partial charge is 0.306 e. The molecule has 1 spiro atoms. The summed E-state index contributed by atoms with van der Waals surface area (Å²) >= 11 is 0. The fraction of sp³-hybridized carbons (Fsp3) is 0.882. The van der Waals surface area contributed by atoms with Crippen molar-refractivity contribution in [1.82, 2.24) is 5.32 Å². The molecular weight excluding hydrogens is 282 g/mol. The molecule has 4 atom stereocenters. The Balaban J connectivity index is 1.55. The standard InChI is InChI=1S/C17H27NO4/c1-2-22-14-10-13(17(14)7-4-8-17)18-15(19)11-5-3-6-12(9-11)16(20)21/h11-14H,2-10H2,1H3,(H,18,19)(H,20,21). The van der Waals surface area contributed by atoms with Crippen molar-refractivity contribution in [2.45, 2.75) is 70.4 Å². The molecule has 124 valence electrons. The molecule has 0 radical (unpaired) electrons. The fourth-order valence-electron chi connectivity index (χ4n) is 4.58. The third-order valence-electron chi connectivity index (χ3n) is 6.15. The predicted molar refractivity (Wildman–Crippen MR) is 81.3 cm³/mol. The van der Waals surface area contributed by atoms with Crippen LogP contribution >= 0.6 is 0 Å². The quantitative estimate of drug-likeness (QED) is 0.817.